The molecular formula is C24H21ClFN5O. The number of fused-ring (bicyclic) bond motifs is 1. The normalized spacial score (nSPS) is 12.0. The second kappa shape index (κ2) is 8.88. The number of anilines is 1. The second-order valence-electron chi connectivity index (χ2n) is 7.55. The number of benzene rings is 1. The zero-order valence-corrected chi connectivity index (χ0v) is 18.3. The predicted molar refractivity (Wildman–Crippen MR) is 123 cm³/mol. The highest BCUT2D eigenvalue weighted by Gasteiger charge is 2.26. The summed E-state index contributed by atoms with van der Waals surface area (Å²) in [7, 11) is 0. The number of carbonyl (C=O) groups is 1. The SMILES string of the molecule is Cc1cc2cc(C(=O)N(Cc3ccc(Cl)cn3)C(C)c3ncccc3F)ccc2nc1N. The van der Waals surface area contributed by atoms with Gasteiger partial charge in [0.05, 0.1) is 34.5 Å². The largest absolute Gasteiger partial charge is 0.383 e. The highest BCUT2D eigenvalue weighted by atomic mass is 35.5. The van der Waals surface area contributed by atoms with Crippen LogP contribution < -0.4 is 5.73 Å². The van der Waals surface area contributed by atoms with Crippen LogP contribution in [0.4, 0.5) is 10.2 Å². The Kier molecular flexibility index (Phi) is 6.01. The maximum atomic E-state index is 14.5. The summed E-state index contributed by atoms with van der Waals surface area (Å²) in [6.07, 6.45) is 3.02. The molecule has 0 saturated heterocycles. The van der Waals surface area contributed by atoms with Gasteiger partial charge < -0.3 is 10.6 Å². The van der Waals surface area contributed by atoms with E-state index in [0.29, 0.717) is 27.6 Å². The van der Waals surface area contributed by atoms with Crippen LogP contribution in [-0.2, 0) is 6.54 Å². The van der Waals surface area contributed by atoms with Gasteiger partial charge in [-0.25, -0.2) is 9.37 Å². The molecule has 3 aromatic heterocycles. The van der Waals surface area contributed by atoms with Crippen LogP contribution in [0.5, 0.6) is 0 Å². The highest BCUT2D eigenvalue weighted by molar-refractivity contribution is 6.30. The molecule has 0 aliphatic carbocycles. The summed E-state index contributed by atoms with van der Waals surface area (Å²) in [5, 5.41) is 1.29. The summed E-state index contributed by atoms with van der Waals surface area (Å²) in [6, 6.07) is 12.7. The molecule has 0 bridgehead atoms. The van der Waals surface area contributed by atoms with E-state index < -0.39 is 11.9 Å². The van der Waals surface area contributed by atoms with Crippen LogP contribution in [0.25, 0.3) is 10.9 Å². The van der Waals surface area contributed by atoms with E-state index >= 15 is 0 Å². The summed E-state index contributed by atoms with van der Waals surface area (Å²) in [4.78, 5) is 28.0. The van der Waals surface area contributed by atoms with Crippen molar-refractivity contribution in [1.29, 1.82) is 0 Å². The lowest BCUT2D eigenvalue weighted by Crippen LogP contribution is -2.34. The van der Waals surface area contributed by atoms with Crippen LogP contribution in [0.2, 0.25) is 5.02 Å². The van der Waals surface area contributed by atoms with E-state index in [2.05, 4.69) is 15.0 Å². The summed E-state index contributed by atoms with van der Waals surface area (Å²) in [5.41, 5.74) is 8.67. The van der Waals surface area contributed by atoms with E-state index in [1.807, 2.05) is 13.0 Å². The fraction of sp³-hybridized carbons (Fsp3) is 0.167. The third kappa shape index (κ3) is 4.38. The first-order valence-corrected chi connectivity index (χ1v) is 10.4. The van der Waals surface area contributed by atoms with E-state index in [0.717, 1.165) is 10.9 Å². The minimum Gasteiger partial charge on any atom is -0.383 e. The van der Waals surface area contributed by atoms with Gasteiger partial charge in [-0.2, -0.15) is 0 Å². The number of nitrogens with two attached hydrogens (primary N) is 1. The Labute approximate surface area is 189 Å². The van der Waals surface area contributed by atoms with Crippen molar-refractivity contribution in [2.75, 3.05) is 5.73 Å². The maximum absolute atomic E-state index is 14.5. The number of hydrogen-bond donors (Lipinski definition) is 1. The Balaban J connectivity index is 1.75. The molecule has 2 N–H and O–H groups in total. The van der Waals surface area contributed by atoms with Gasteiger partial charge in [0.15, 0.2) is 0 Å². The number of aryl methyl sites for hydroxylation is 1. The lowest BCUT2D eigenvalue weighted by Gasteiger charge is -2.29. The number of hydrogen-bond acceptors (Lipinski definition) is 5. The molecule has 0 radical (unpaired) electrons. The topological polar surface area (TPSA) is 85.0 Å². The number of aromatic nitrogens is 3. The van der Waals surface area contributed by atoms with Gasteiger partial charge in [0.1, 0.15) is 11.6 Å². The second-order valence-corrected chi connectivity index (χ2v) is 7.98. The number of pyridine rings is 3. The quantitative estimate of drug-likeness (QED) is 0.457. The van der Waals surface area contributed by atoms with Gasteiger partial charge in [0.25, 0.3) is 5.91 Å². The van der Waals surface area contributed by atoms with Gasteiger partial charge in [0, 0.05) is 23.3 Å². The Morgan fingerprint density at radius 3 is 2.72 bits per heavy atom. The van der Waals surface area contributed by atoms with Gasteiger partial charge in [0.2, 0.25) is 0 Å². The Morgan fingerprint density at radius 1 is 1.19 bits per heavy atom. The third-order valence-corrected chi connectivity index (χ3v) is 5.55. The summed E-state index contributed by atoms with van der Waals surface area (Å²) >= 11 is 5.95. The van der Waals surface area contributed by atoms with Crippen LogP contribution in [0.15, 0.2) is 60.9 Å². The van der Waals surface area contributed by atoms with Gasteiger partial charge in [-0.3, -0.25) is 14.8 Å². The lowest BCUT2D eigenvalue weighted by molar-refractivity contribution is 0.0664. The van der Waals surface area contributed by atoms with E-state index in [1.54, 1.807) is 42.2 Å². The van der Waals surface area contributed by atoms with Crippen LogP contribution >= 0.6 is 11.6 Å². The molecule has 0 fully saturated rings. The molecule has 4 aromatic rings. The minimum absolute atomic E-state index is 0.157. The zero-order chi connectivity index (χ0) is 22.8. The molecule has 8 heteroatoms. The average molecular weight is 450 g/mol. The standard InChI is InChI=1S/C24H21ClFN5O/c1-14-10-17-11-16(5-8-21(17)30-23(14)27)24(32)31(13-19-7-6-18(25)12-29-19)15(2)22-20(26)4-3-9-28-22/h3-12,15H,13H2,1-2H3,(H2,27,30). The first-order chi connectivity index (χ1) is 15.3. The monoisotopic (exact) mass is 449 g/mol. The van der Waals surface area contributed by atoms with E-state index in [9.17, 15) is 9.18 Å². The van der Waals surface area contributed by atoms with Crippen molar-refractivity contribution in [3.63, 3.8) is 0 Å². The Morgan fingerprint density at radius 2 is 2.00 bits per heavy atom. The molecular weight excluding hydrogens is 429 g/mol. The summed E-state index contributed by atoms with van der Waals surface area (Å²) in [6.45, 7) is 3.76. The molecule has 1 aromatic carbocycles. The van der Waals surface area contributed by atoms with Crippen molar-refractivity contribution in [3.05, 3.63) is 94.3 Å². The average Bonchev–Trinajstić information content (AvgIpc) is 2.78. The van der Waals surface area contributed by atoms with Crippen LogP contribution in [0, 0.1) is 12.7 Å². The minimum atomic E-state index is -0.636. The molecule has 0 aliphatic rings. The Bertz CT molecular complexity index is 1300. The molecule has 1 unspecified atom stereocenters. The molecule has 0 spiro atoms. The fourth-order valence-electron chi connectivity index (χ4n) is 3.51. The first-order valence-electron chi connectivity index (χ1n) is 10.0. The molecule has 162 valence electrons. The molecule has 0 aliphatic heterocycles. The number of nitrogens with zero attached hydrogens (tertiary/aromatic N) is 4. The Hall–Kier alpha value is -3.58. The number of nitrogen functional groups attached to an aromatic ring is 1. The lowest BCUT2D eigenvalue weighted by atomic mass is 10.1. The van der Waals surface area contributed by atoms with E-state index in [4.69, 9.17) is 17.3 Å². The molecule has 3 heterocycles. The molecule has 32 heavy (non-hydrogen) atoms. The van der Waals surface area contributed by atoms with Gasteiger partial charge in [-0.1, -0.05) is 11.6 Å². The molecule has 4 rings (SSSR count). The van der Waals surface area contributed by atoms with Gasteiger partial charge in [-0.15, -0.1) is 0 Å². The molecule has 0 saturated carbocycles. The maximum Gasteiger partial charge on any atom is 0.254 e. The van der Waals surface area contributed by atoms with E-state index in [1.165, 1.54) is 24.5 Å². The fourth-order valence-corrected chi connectivity index (χ4v) is 3.62. The number of halogens is 2. The third-order valence-electron chi connectivity index (χ3n) is 5.32. The first kappa shape index (κ1) is 21.6. The number of rotatable bonds is 5. The van der Waals surface area contributed by atoms with E-state index in [-0.39, 0.29) is 18.1 Å². The van der Waals surface area contributed by atoms with Crippen LogP contribution in [-0.4, -0.2) is 25.8 Å². The van der Waals surface area contributed by atoms with Crippen molar-refractivity contribution in [1.82, 2.24) is 19.9 Å². The summed E-state index contributed by atoms with van der Waals surface area (Å²) < 4.78 is 14.5. The van der Waals surface area contributed by atoms with Crippen molar-refractivity contribution in [3.8, 4) is 0 Å². The predicted octanol–water partition coefficient (Wildman–Crippen LogP) is 5.11. The smallest absolute Gasteiger partial charge is 0.254 e. The molecule has 1 amide bonds. The van der Waals surface area contributed by atoms with Crippen LogP contribution in [0.1, 0.15) is 40.3 Å². The highest BCUT2D eigenvalue weighted by Crippen LogP contribution is 2.27. The van der Waals surface area contributed by atoms with Crippen molar-refractivity contribution in [2.24, 2.45) is 0 Å². The number of amides is 1. The van der Waals surface area contributed by atoms with Crippen molar-refractivity contribution in [2.45, 2.75) is 26.4 Å². The molecule has 1 atom stereocenters. The van der Waals surface area contributed by atoms with Crippen LogP contribution in [0.3, 0.4) is 0 Å². The molecule has 6 nitrogen and oxygen atoms in total. The summed E-state index contributed by atoms with van der Waals surface area (Å²) in [5.74, 6) is -0.308. The van der Waals surface area contributed by atoms with Crippen molar-refractivity contribution >= 4 is 34.2 Å². The van der Waals surface area contributed by atoms with Crippen molar-refractivity contribution < 1.29 is 9.18 Å². The van der Waals surface area contributed by atoms with Gasteiger partial charge in [-0.05, 0) is 67.9 Å². The van der Waals surface area contributed by atoms with Gasteiger partial charge >= 0.3 is 0 Å². The zero-order valence-electron chi connectivity index (χ0n) is 17.6. The number of carbonyl (C=O) groups excluding carboxylic acids is 1.